The molecule has 112 valence electrons. The summed E-state index contributed by atoms with van der Waals surface area (Å²) in [5.41, 5.74) is 2.22. The van der Waals surface area contributed by atoms with E-state index in [-0.39, 0.29) is 11.5 Å². The standard InChI is InChI=1S/C15H14N4O2S/c20-14-2-1-11(9-17-14)15(21)16-5-7-19-6-3-13(18-19)12-4-8-22-10-12/h1-4,6,8-10H,5,7H2,(H,16,21)(H,17,20). The summed E-state index contributed by atoms with van der Waals surface area (Å²) in [6, 6.07) is 6.80. The van der Waals surface area contributed by atoms with E-state index < -0.39 is 0 Å². The number of amides is 1. The third-order valence-electron chi connectivity index (χ3n) is 3.13. The van der Waals surface area contributed by atoms with E-state index in [0.717, 1.165) is 11.3 Å². The minimum absolute atomic E-state index is 0.221. The SMILES string of the molecule is O=C(NCCn1ccc(-c2ccsc2)n1)c1ccc(=O)[nH]c1. The number of carbonyl (C=O) groups is 1. The molecule has 7 heteroatoms. The summed E-state index contributed by atoms with van der Waals surface area (Å²) in [6.45, 7) is 1.04. The molecule has 0 bridgehead atoms. The zero-order valence-electron chi connectivity index (χ0n) is 11.7. The highest BCUT2D eigenvalue weighted by atomic mass is 32.1. The molecule has 2 N–H and O–H groups in total. The lowest BCUT2D eigenvalue weighted by atomic mass is 10.2. The number of H-pyrrole nitrogens is 1. The van der Waals surface area contributed by atoms with Gasteiger partial charge in [-0.1, -0.05) is 0 Å². The number of nitrogens with one attached hydrogen (secondary N) is 2. The Balaban J connectivity index is 1.54. The lowest BCUT2D eigenvalue weighted by Crippen LogP contribution is -2.27. The average Bonchev–Trinajstić information content (AvgIpc) is 3.19. The summed E-state index contributed by atoms with van der Waals surface area (Å²) in [6.07, 6.45) is 3.29. The van der Waals surface area contributed by atoms with Gasteiger partial charge < -0.3 is 10.3 Å². The maximum absolute atomic E-state index is 11.9. The molecule has 0 fully saturated rings. The lowest BCUT2D eigenvalue weighted by molar-refractivity contribution is 0.0951. The van der Waals surface area contributed by atoms with Crippen LogP contribution in [0.1, 0.15) is 10.4 Å². The van der Waals surface area contributed by atoms with Crippen LogP contribution in [0, 0.1) is 0 Å². The van der Waals surface area contributed by atoms with E-state index in [0.29, 0.717) is 18.7 Å². The molecular formula is C15H14N4O2S. The summed E-state index contributed by atoms with van der Waals surface area (Å²) in [4.78, 5) is 25.3. The molecule has 3 heterocycles. The summed E-state index contributed by atoms with van der Waals surface area (Å²) < 4.78 is 1.79. The molecule has 3 aromatic rings. The highest BCUT2D eigenvalue weighted by Gasteiger charge is 2.06. The second-order valence-electron chi connectivity index (χ2n) is 4.67. The molecule has 0 atom stereocenters. The Morgan fingerprint density at radius 3 is 2.95 bits per heavy atom. The predicted molar refractivity (Wildman–Crippen MR) is 84.9 cm³/mol. The van der Waals surface area contributed by atoms with Crippen LogP contribution < -0.4 is 10.9 Å². The monoisotopic (exact) mass is 314 g/mol. The smallest absolute Gasteiger partial charge is 0.252 e. The van der Waals surface area contributed by atoms with Crippen LogP contribution in [0.3, 0.4) is 0 Å². The Kier molecular flexibility index (Phi) is 4.15. The third kappa shape index (κ3) is 3.32. The van der Waals surface area contributed by atoms with Gasteiger partial charge in [-0.05, 0) is 23.6 Å². The van der Waals surface area contributed by atoms with Gasteiger partial charge in [0.1, 0.15) is 0 Å². The molecule has 0 aromatic carbocycles. The van der Waals surface area contributed by atoms with Crippen LogP contribution in [-0.2, 0) is 6.54 Å². The second-order valence-corrected chi connectivity index (χ2v) is 5.45. The first-order valence-electron chi connectivity index (χ1n) is 6.75. The Bertz CT molecular complexity index is 800. The van der Waals surface area contributed by atoms with E-state index in [2.05, 4.69) is 15.4 Å². The number of nitrogens with zero attached hydrogens (tertiary/aromatic N) is 2. The molecular weight excluding hydrogens is 300 g/mol. The van der Waals surface area contributed by atoms with Crippen LogP contribution in [0.4, 0.5) is 0 Å². The van der Waals surface area contributed by atoms with Gasteiger partial charge in [0.05, 0.1) is 17.8 Å². The summed E-state index contributed by atoms with van der Waals surface area (Å²) in [5.74, 6) is -0.221. The van der Waals surface area contributed by atoms with Gasteiger partial charge in [-0.3, -0.25) is 14.3 Å². The number of aromatic amines is 1. The molecule has 0 saturated carbocycles. The van der Waals surface area contributed by atoms with Crippen molar-refractivity contribution in [1.82, 2.24) is 20.1 Å². The van der Waals surface area contributed by atoms with Gasteiger partial charge in [0.2, 0.25) is 5.56 Å². The summed E-state index contributed by atoms with van der Waals surface area (Å²) in [7, 11) is 0. The first-order chi connectivity index (χ1) is 10.7. The van der Waals surface area contributed by atoms with Crippen molar-refractivity contribution in [2.24, 2.45) is 0 Å². The summed E-state index contributed by atoms with van der Waals surface area (Å²) >= 11 is 1.63. The number of hydrogen-bond donors (Lipinski definition) is 2. The first kappa shape index (κ1) is 14.3. The topological polar surface area (TPSA) is 79.8 Å². The number of hydrogen-bond acceptors (Lipinski definition) is 4. The number of aromatic nitrogens is 3. The molecule has 1 amide bonds. The molecule has 0 aliphatic rings. The largest absolute Gasteiger partial charge is 0.350 e. The van der Waals surface area contributed by atoms with E-state index in [1.54, 1.807) is 16.0 Å². The highest BCUT2D eigenvalue weighted by Crippen LogP contribution is 2.19. The number of pyridine rings is 1. The van der Waals surface area contributed by atoms with Gasteiger partial charge in [0.25, 0.3) is 5.91 Å². The van der Waals surface area contributed by atoms with Crippen molar-refractivity contribution in [3.63, 3.8) is 0 Å². The maximum atomic E-state index is 11.9. The number of thiophene rings is 1. The molecule has 0 spiro atoms. The van der Waals surface area contributed by atoms with Crippen LogP contribution in [0.5, 0.6) is 0 Å². The molecule has 3 rings (SSSR count). The molecule has 0 aliphatic carbocycles. The van der Waals surface area contributed by atoms with Crippen molar-refractivity contribution in [2.45, 2.75) is 6.54 Å². The molecule has 3 aromatic heterocycles. The van der Waals surface area contributed by atoms with E-state index in [4.69, 9.17) is 0 Å². The fourth-order valence-corrected chi connectivity index (χ4v) is 2.64. The van der Waals surface area contributed by atoms with Crippen molar-refractivity contribution >= 4 is 17.2 Å². The molecule has 0 aliphatic heterocycles. The van der Waals surface area contributed by atoms with Crippen molar-refractivity contribution in [2.75, 3.05) is 6.54 Å². The Morgan fingerprint density at radius 2 is 2.23 bits per heavy atom. The van der Waals surface area contributed by atoms with E-state index in [1.807, 2.05) is 29.1 Å². The van der Waals surface area contributed by atoms with Crippen molar-refractivity contribution in [3.05, 3.63) is 63.3 Å². The zero-order chi connectivity index (χ0) is 15.4. The lowest BCUT2D eigenvalue weighted by Gasteiger charge is -2.05. The normalized spacial score (nSPS) is 10.5. The molecule has 6 nitrogen and oxygen atoms in total. The average molecular weight is 314 g/mol. The van der Waals surface area contributed by atoms with Gasteiger partial charge in [-0.2, -0.15) is 16.4 Å². The van der Waals surface area contributed by atoms with Crippen molar-refractivity contribution in [3.8, 4) is 11.3 Å². The highest BCUT2D eigenvalue weighted by molar-refractivity contribution is 7.08. The Labute approximate surface area is 130 Å². The molecule has 0 unspecified atom stereocenters. The van der Waals surface area contributed by atoms with Gasteiger partial charge in [-0.15, -0.1) is 0 Å². The third-order valence-corrected chi connectivity index (χ3v) is 3.81. The second kappa shape index (κ2) is 6.40. The zero-order valence-corrected chi connectivity index (χ0v) is 12.5. The van der Waals surface area contributed by atoms with E-state index >= 15 is 0 Å². The first-order valence-corrected chi connectivity index (χ1v) is 7.69. The molecule has 0 radical (unpaired) electrons. The fraction of sp³-hybridized carbons (Fsp3) is 0.133. The van der Waals surface area contributed by atoms with Gasteiger partial charge >= 0.3 is 0 Å². The van der Waals surface area contributed by atoms with Crippen molar-refractivity contribution in [1.29, 1.82) is 0 Å². The Morgan fingerprint density at radius 1 is 1.32 bits per heavy atom. The van der Waals surface area contributed by atoms with Gasteiger partial charge in [0.15, 0.2) is 0 Å². The van der Waals surface area contributed by atoms with Crippen molar-refractivity contribution < 1.29 is 4.79 Å². The van der Waals surface area contributed by atoms with Gasteiger partial charge in [0, 0.05) is 35.9 Å². The minimum Gasteiger partial charge on any atom is -0.350 e. The van der Waals surface area contributed by atoms with Crippen LogP contribution in [0.2, 0.25) is 0 Å². The predicted octanol–water partition coefficient (Wildman–Crippen LogP) is 1.73. The number of rotatable bonds is 5. The number of carbonyl (C=O) groups excluding carboxylic acids is 1. The van der Waals surface area contributed by atoms with Crippen LogP contribution in [0.25, 0.3) is 11.3 Å². The van der Waals surface area contributed by atoms with Crippen LogP contribution in [-0.4, -0.2) is 27.2 Å². The Hall–Kier alpha value is -2.67. The van der Waals surface area contributed by atoms with Gasteiger partial charge in [-0.25, -0.2) is 0 Å². The quantitative estimate of drug-likeness (QED) is 0.752. The fourth-order valence-electron chi connectivity index (χ4n) is 1.99. The molecule has 0 saturated heterocycles. The van der Waals surface area contributed by atoms with Crippen LogP contribution in [0.15, 0.2) is 52.2 Å². The minimum atomic E-state index is -0.228. The van der Waals surface area contributed by atoms with E-state index in [1.165, 1.54) is 18.3 Å². The van der Waals surface area contributed by atoms with Crippen LogP contribution >= 0.6 is 11.3 Å². The van der Waals surface area contributed by atoms with E-state index in [9.17, 15) is 9.59 Å². The maximum Gasteiger partial charge on any atom is 0.252 e. The summed E-state index contributed by atoms with van der Waals surface area (Å²) in [5, 5.41) is 11.3. The molecule has 22 heavy (non-hydrogen) atoms.